The first-order valence-electron chi connectivity index (χ1n) is 5.14. The first kappa shape index (κ1) is 12.4. The number of Topliss-reactive ketones (excluding diaryl/α,β-unsaturated/α-hetero) is 1. The summed E-state index contributed by atoms with van der Waals surface area (Å²) in [7, 11) is 0. The maximum atomic E-state index is 12.0. The lowest BCUT2D eigenvalue weighted by Gasteiger charge is -2.22. The van der Waals surface area contributed by atoms with Crippen molar-refractivity contribution < 1.29 is 14.3 Å². The molecule has 0 aromatic heterocycles. The predicted molar refractivity (Wildman–Crippen MR) is 61.4 cm³/mol. The number of hydrogen-bond donors (Lipinski definition) is 0. The van der Waals surface area contributed by atoms with Crippen molar-refractivity contribution in [3.8, 4) is 0 Å². The highest BCUT2D eigenvalue weighted by Crippen LogP contribution is 2.17. The van der Waals surface area contributed by atoms with Crippen molar-refractivity contribution in [2.24, 2.45) is 0 Å². The van der Waals surface area contributed by atoms with E-state index in [4.69, 9.17) is 4.74 Å². The zero-order valence-corrected chi connectivity index (χ0v) is 10.0. The molecule has 0 amide bonds. The summed E-state index contributed by atoms with van der Waals surface area (Å²) in [6, 6.07) is 7.19. The SMILES string of the molecule is CC(=O)OC(C)(C)C(=O)c1ccc(C)cc1. The lowest BCUT2D eigenvalue weighted by atomic mass is 9.96. The van der Waals surface area contributed by atoms with Crippen molar-refractivity contribution in [2.45, 2.75) is 33.3 Å². The van der Waals surface area contributed by atoms with E-state index in [2.05, 4.69) is 0 Å². The van der Waals surface area contributed by atoms with E-state index in [1.54, 1.807) is 26.0 Å². The number of rotatable bonds is 3. The maximum absolute atomic E-state index is 12.0. The number of aryl methyl sites for hydroxylation is 1. The van der Waals surface area contributed by atoms with E-state index in [1.165, 1.54) is 6.92 Å². The predicted octanol–water partition coefficient (Wildman–Crippen LogP) is 2.52. The van der Waals surface area contributed by atoms with Crippen LogP contribution in [0.3, 0.4) is 0 Å². The molecule has 0 saturated heterocycles. The zero-order valence-electron chi connectivity index (χ0n) is 10.0. The molecule has 3 heteroatoms. The summed E-state index contributed by atoms with van der Waals surface area (Å²) in [4.78, 5) is 22.9. The summed E-state index contributed by atoms with van der Waals surface area (Å²) in [6.45, 7) is 6.43. The van der Waals surface area contributed by atoms with Gasteiger partial charge in [-0.05, 0) is 20.8 Å². The van der Waals surface area contributed by atoms with Crippen molar-refractivity contribution >= 4 is 11.8 Å². The molecular formula is C13H16O3. The molecule has 1 aromatic carbocycles. The molecule has 1 aromatic rings. The first-order chi connectivity index (χ1) is 7.33. The van der Waals surface area contributed by atoms with Crippen LogP contribution in [0.5, 0.6) is 0 Å². The average molecular weight is 220 g/mol. The van der Waals surface area contributed by atoms with Gasteiger partial charge in [0.2, 0.25) is 5.78 Å². The molecule has 0 unspecified atom stereocenters. The van der Waals surface area contributed by atoms with Crippen molar-refractivity contribution in [2.75, 3.05) is 0 Å². The fourth-order valence-corrected chi connectivity index (χ4v) is 1.46. The van der Waals surface area contributed by atoms with E-state index in [1.807, 2.05) is 19.1 Å². The van der Waals surface area contributed by atoms with E-state index >= 15 is 0 Å². The second-order valence-corrected chi connectivity index (χ2v) is 4.30. The topological polar surface area (TPSA) is 43.4 Å². The van der Waals surface area contributed by atoms with Crippen LogP contribution in [0, 0.1) is 6.92 Å². The third-order valence-electron chi connectivity index (χ3n) is 2.26. The van der Waals surface area contributed by atoms with Crippen LogP contribution >= 0.6 is 0 Å². The molecule has 86 valence electrons. The molecule has 0 fully saturated rings. The third-order valence-corrected chi connectivity index (χ3v) is 2.26. The van der Waals surface area contributed by atoms with Gasteiger partial charge in [0.1, 0.15) is 0 Å². The van der Waals surface area contributed by atoms with Gasteiger partial charge in [0.25, 0.3) is 0 Å². The second-order valence-electron chi connectivity index (χ2n) is 4.30. The van der Waals surface area contributed by atoms with Crippen LogP contribution < -0.4 is 0 Å². The van der Waals surface area contributed by atoms with Crippen molar-refractivity contribution in [1.29, 1.82) is 0 Å². The van der Waals surface area contributed by atoms with Gasteiger partial charge in [-0.15, -0.1) is 0 Å². The van der Waals surface area contributed by atoms with Gasteiger partial charge in [0, 0.05) is 12.5 Å². The number of esters is 1. The molecule has 0 aliphatic rings. The summed E-state index contributed by atoms with van der Waals surface area (Å²) in [5.74, 6) is -0.645. The smallest absolute Gasteiger partial charge is 0.303 e. The molecule has 0 N–H and O–H groups in total. The van der Waals surface area contributed by atoms with E-state index in [0.717, 1.165) is 5.56 Å². The summed E-state index contributed by atoms with van der Waals surface area (Å²) in [5.41, 5.74) is 0.528. The fraction of sp³-hybridized carbons (Fsp3) is 0.385. The second kappa shape index (κ2) is 4.47. The third kappa shape index (κ3) is 2.92. The highest BCUT2D eigenvalue weighted by Gasteiger charge is 2.31. The van der Waals surface area contributed by atoms with Gasteiger partial charge < -0.3 is 4.74 Å². The Hall–Kier alpha value is -1.64. The number of ether oxygens (including phenoxy) is 1. The summed E-state index contributed by atoms with van der Waals surface area (Å²) in [6.07, 6.45) is 0. The van der Waals surface area contributed by atoms with Crippen LogP contribution in [-0.2, 0) is 9.53 Å². The minimum atomic E-state index is -1.11. The Balaban J connectivity index is 2.93. The molecule has 0 aliphatic heterocycles. The number of carbonyl (C=O) groups is 2. The van der Waals surface area contributed by atoms with E-state index in [-0.39, 0.29) is 5.78 Å². The van der Waals surface area contributed by atoms with Gasteiger partial charge in [-0.1, -0.05) is 29.8 Å². The van der Waals surface area contributed by atoms with Crippen LogP contribution in [0.2, 0.25) is 0 Å². The molecule has 0 aliphatic carbocycles. The van der Waals surface area contributed by atoms with Gasteiger partial charge in [-0.3, -0.25) is 9.59 Å². The average Bonchev–Trinajstić information content (AvgIpc) is 2.16. The van der Waals surface area contributed by atoms with Crippen molar-refractivity contribution in [3.63, 3.8) is 0 Å². The Bertz CT molecular complexity index is 402. The van der Waals surface area contributed by atoms with Gasteiger partial charge in [0.05, 0.1) is 0 Å². The number of carbonyl (C=O) groups excluding carboxylic acids is 2. The van der Waals surface area contributed by atoms with Crippen LogP contribution in [-0.4, -0.2) is 17.4 Å². The van der Waals surface area contributed by atoms with E-state index < -0.39 is 11.6 Å². The van der Waals surface area contributed by atoms with Crippen LogP contribution in [0.15, 0.2) is 24.3 Å². The summed E-state index contributed by atoms with van der Waals surface area (Å²) < 4.78 is 5.00. The number of ketones is 1. The van der Waals surface area contributed by atoms with Gasteiger partial charge >= 0.3 is 5.97 Å². The van der Waals surface area contributed by atoms with E-state index in [9.17, 15) is 9.59 Å². The Morgan fingerprint density at radius 1 is 1.12 bits per heavy atom. The van der Waals surface area contributed by atoms with Gasteiger partial charge in [0.15, 0.2) is 5.60 Å². The molecule has 16 heavy (non-hydrogen) atoms. The lowest BCUT2D eigenvalue weighted by Crippen LogP contribution is -2.36. The van der Waals surface area contributed by atoms with Crippen molar-refractivity contribution in [3.05, 3.63) is 35.4 Å². The molecular weight excluding hydrogens is 204 g/mol. The summed E-state index contributed by atoms with van der Waals surface area (Å²) >= 11 is 0. The molecule has 0 bridgehead atoms. The van der Waals surface area contributed by atoms with Crippen LogP contribution in [0.4, 0.5) is 0 Å². The highest BCUT2D eigenvalue weighted by molar-refractivity contribution is 6.02. The Morgan fingerprint density at radius 2 is 1.62 bits per heavy atom. The number of hydrogen-bond acceptors (Lipinski definition) is 3. The zero-order chi connectivity index (χ0) is 12.3. The molecule has 0 radical (unpaired) electrons. The molecule has 1 rings (SSSR count). The minimum Gasteiger partial charge on any atom is -0.451 e. The quantitative estimate of drug-likeness (QED) is 0.580. The van der Waals surface area contributed by atoms with Gasteiger partial charge in [-0.2, -0.15) is 0 Å². The largest absolute Gasteiger partial charge is 0.451 e. The maximum Gasteiger partial charge on any atom is 0.303 e. The van der Waals surface area contributed by atoms with Gasteiger partial charge in [-0.25, -0.2) is 0 Å². The minimum absolute atomic E-state index is 0.192. The first-order valence-corrected chi connectivity index (χ1v) is 5.14. The van der Waals surface area contributed by atoms with E-state index in [0.29, 0.717) is 5.56 Å². The Labute approximate surface area is 95.4 Å². The number of benzene rings is 1. The lowest BCUT2D eigenvalue weighted by molar-refractivity contribution is -0.149. The van der Waals surface area contributed by atoms with Crippen LogP contribution in [0.1, 0.15) is 36.7 Å². The molecule has 0 spiro atoms. The summed E-state index contributed by atoms with van der Waals surface area (Å²) in [5, 5.41) is 0. The standard InChI is InChI=1S/C13H16O3/c1-9-5-7-11(8-6-9)12(15)13(3,4)16-10(2)14/h5-8H,1-4H3. The van der Waals surface area contributed by atoms with Crippen molar-refractivity contribution in [1.82, 2.24) is 0 Å². The monoisotopic (exact) mass is 220 g/mol. The Kier molecular flexibility index (Phi) is 3.48. The molecule has 0 atom stereocenters. The normalized spacial score (nSPS) is 11.0. The van der Waals surface area contributed by atoms with Crippen LogP contribution in [0.25, 0.3) is 0 Å². The fourth-order valence-electron chi connectivity index (χ4n) is 1.46. The molecule has 0 heterocycles. The highest BCUT2D eigenvalue weighted by atomic mass is 16.6. The Morgan fingerprint density at radius 3 is 2.06 bits per heavy atom. The molecule has 3 nitrogen and oxygen atoms in total. The molecule has 0 saturated carbocycles.